The van der Waals surface area contributed by atoms with Crippen molar-refractivity contribution < 1.29 is 9.53 Å². The first-order chi connectivity index (χ1) is 11.8. The second-order valence-electron chi connectivity index (χ2n) is 6.76. The third-order valence-corrected chi connectivity index (χ3v) is 5.19. The average molecular weight is 331 g/mol. The van der Waals surface area contributed by atoms with Gasteiger partial charge in [-0.15, -0.1) is 10.2 Å². The molecule has 3 fully saturated rings. The molecule has 4 rings (SSSR count). The maximum Gasteiger partial charge on any atom is 0.251 e. The van der Waals surface area contributed by atoms with E-state index < -0.39 is 0 Å². The summed E-state index contributed by atoms with van der Waals surface area (Å²) in [6, 6.07) is 4.12. The number of ether oxygens (including phenoxy) is 1. The van der Waals surface area contributed by atoms with Crippen molar-refractivity contribution in [3.63, 3.8) is 0 Å². The van der Waals surface area contributed by atoms with Gasteiger partial charge in [0.2, 0.25) is 0 Å². The van der Waals surface area contributed by atoms with Crippen LogP contribution in [0.25, 0.3) is 0 Å². The van der Waals surface area contributed by atoms with E-state index in [4.69, 9.17) is 4.74 Å². The molecule has 0 radical (unpaired) electrons. The molecule has 1 atom stereocenters. The van der Waals surface area contributed by atoms with Gasteiger partial charge in [-0.3, -0.25) is 4.79 Å². The van der Waals surface area contributed by atoms with Crippen LogP contribution in [-0.2, 0) is 9.53 Å². The minimum absolute atomic E-state index is 0.155. The summed E-state index contributed by atoms with van der Waals surface area (Å²) in [5.74, 6) is 2.04. The lowest BCUT2D eigenvalue weighted by Crippen LogP contribution is -2.51. The molecule has 3 aliphatic heterocycles. The fraction of sp³-hybridized carbons (Fsp3) is 0.706. The summed E-state index contributed by atoms with van der Waals surface area (Å²) >= 11 is 0. The van der Waals surface area contributed by atoms with Crippen LogP contribution in [0.2, 0.25) is 0 Å². The smallest absolute Gasteiger partial charge is 0.251 e. The molecule has 0 N–H and O–H groups in total. The lowest BCUT2D eigenvalue weighted by atomic mass is 10.2. The summed E-state index contributed by atoms with van der Waals surface area (Å²) in [6.07, 6.45) is 4.13. The van der Waals surface area contributed by atoms with Crippen LogP contribution in [0.3, 0.4) is 0 Å². The van der Waals surface area contributed by atoms with Gasteiger partial charge in [-0.1, -0.05) is 0 Å². The minimum atomic E-state index is -0.212. The molecular formula is C17H25N5O2. The fourth-order valence-corrected chi connectivity index (χ4v) is 3.73. The van der Waals surface area contributed by atoms with Crippen LogP contribution in [-0.4, -0.2) is 73.0 Å². The Hall–Kier alpha value is -1.89. The monoisotopic (exact) mass is 331 g/mol. The zero-order valence-electron chi connectivity index (χ0n) is 14.1. The van der Waals surface area contributed by atoms with Gasteiger partial charge in [-0.2, -0.15) is 0 Å². The van der Waals surface area contributed by atoms with E-state index in [1.807, 2.05) is 4.90 Å². The summed E-state index contributed by atoms with van der Waals surface area (Å²) in [7, 11) is 0. The van der Waals surface area contributed by atoms with Crippen LogP contribution in [0, 0.1) is 0 Å². The van der Waals surface area contributed by atoms with E-state index >= 15 is 0 Å². The van der Waals surface area contributed by atoms with E-state index in [1.165, 1.54) is 12.8 Å². The summed E-state index contributed by atoms with van der Waals surface area (Å²) < 4.78 is 5.51. The highest BCUT2D eigenvalue weighted by Gasteiger charge is 2.30. The fourth-order valence-electron chi connectivity index (χ4n) is 3.73. The molecule has 0 bridgehead atoms. The zero-order chi connectivity index (χ0) is 16.4. The van der Waals surface area contributed by atoms with Crippen molar-refractivity contribution >= 4 is 17.5 Å². The molecule has 7 heteroatoms. The molecule has 1 unspecified atom stereocenters. The first-order valence-electron chi connectivity index (χ1n) is 9.05. The number of hydrogen-bond donors (Lipinski definition) is 0. The van der Waals surface area contributed by atoms with E-state index in [1.54, 1.807) is 0 Å². The van der Waals surface area contributed by atoms with E-state index in [0.29, 0.717) is 0 Å². The SMILES string of the molecule is O=C(C1CCCO1)N1CCN(c2ccc(N3CCCC3)nn2)CC1. The lowest BCUT2D eigenvalue weighted by molar-refractivity contribution is -0.141. The highest BCUT2D eigenvalue weighted by Crippen LogP contribution is 2.21. The number of nitrogens with zero attached hydrogens (tertiary/aromatic N) is 5. The van der Waals surface area contributed by atoms with Crippen LogP contribution in [0.5, 0.6) is 0 Å². The number of hydrogen-bond acceptors (Lipinski definition) is 6. The van der Waals surface area contributed by atoms with Crippen LogP contribution in [0.4, 0.5) is 11.6 Å². The average Bonchev–Trinajstić information content (AvgIpc) is 3.35. The second-order valence-corrected chi connectivity index (χ2v) is 6.76. The molecular weight excluding hydrogens is 306 g/mol. The molecule has 130 valence electrons. The van der Waals surface area contributed by atoms with E-state index in [-0.39, 0.29) is 12.0 Å². The number of carbonyl (C=O) groups excluding carboxylic acids is 1. The van der Waals surface area contributed by atoms with Gasteiger partial charge in [-0.05, 0) is 37.8 Å². The molecule has 7 nitrogen and oxygen atoms in total. The molecule has 3 aliphatic rings. The maximum atomic E-state index is 12.4. The molecule has 0 spiro atoms. The molecule has 24 heavy (non-hydrogen) atoms. The highest BCUT2D eigenvalue weighted by molar-refractivity contribution is 5.81. The van der Waals surface area contributed by atoms with Crippen molar-refractivity contribution in [3.05, 3.63) is 12.1 Å². The molecule has 1 aromatic rings. The van der Waals surface area contributed by atoms with Crippen LogP contribution in [0.15, 0.2) is 12.1 Å². The Morgan fingerprint density at radius 1 is 0.917 bits per heavy atom. The molecule has 4 heterocycles. The number of aromatic nitrogens is 2. The Morgan fingerprint density at radius 3 is 2.08 bits per heavy atom. The van der Waals surface area contributed by atoms with Gasteiger partial charge in [0.1, 0.15) is 6.10 Å². The van der Waals surface area contributed by atoms with Gasteiger partial charge >= 0.3 is 0 Å². The zero-order valence-corrected chi connectivity index (χ0v) is 14.1. The summed E-state index contributed by atoms with van der Waals surface area (Å²) in [5, 5.41) is 8.79. The topological polar surface area (TPSA) is 61.8 Å². The summed E-state index contributed by atoms with van der Waals surface area (Å²) in [6.45, 7) is 5.94. The highest BCUT2D eigenvalue weighted by atomic mass is 16.5. The van der Waals surface area contributed by atoms with Crippen LogP contribution >= 0.6 is 0 Å². The largest absolute Gasteiger partial charge is 0.368 e. The Kier molecular flexibility index (Phi) is 4.51. The third-order valence-electron chi connectivity index (χ3n) is 5.19. The quantitative estimate of drug-likeness (QED) is 0.820. The number of amides is 1. The molecule has 0 aliphatic carbocycles. The van der Waals surface area contributed by atoms with Crippen molar-refractivity contribution in [2.45, 2.75) is 31.8 Å². The van der Waals surface area contributed by atoms with E-state index in [0.717, 1.165) is 70.4 Å². The minimum Gasteiger partial charge on any atom is -0.368 e. The number of rotatable bonds is 3. The van der Waals surface area contributed by atoms with Gasteiger partial charge in [0.05, 0.1) is 0 Å². The van der Waals surface area contributed by atoms with Gasteiger partial charge in [0.15, 0.2) is 11.6 Å². The van der Waals surface area contributed by atoms with E-state index in [9.17, 15) is 4.79 Å². The van der Waals surface area contributed by atoms with Gasteiger partial charge in [0.25, 0.3) is 5.91 Å². The molecule has 0 aromatic carbocycles. The van der Waals surface area contributed by atoms with Crippen LogP contribution < -0.4 is 9.80 Å². The lowest BCUT2D eigenvalue weighted by Gasteiger charge is -2.36. The second kappa shape index (κ2) is 6.93. The molecule has 3 saturated heterocycles. The van der Waals surface area contributed by atoms with Crippen LogP contribution in [0.1, 0.15) is 25.7 Å². The first kappa shape index (κ1) is 15.6. The number of carbonyl (C=O) groups is 1. The molecule has 1 aromatic heterocycles. The standard InChI is InChI=1S/C17H25N5O2/c23-17(14-4-3-13-24-14)22-11-9-21(10-12-22)16-6-5-15(18-19-16)20-7-1-2-8-20/h5-6,14H,1-4,7-13H2. The van der Waals surface area contributed by atoms with Gasteiger partial charge in [0, 0.05) is 45.9 Å². The Balaban J connectivity index is 1.32. The summed E-state index contributed by atoms with van der Waals surface area (Å²) in [4.78, 5) is 18.8. The molecule has 1 amide bonds. The normalized spacial score (nSPS) is 24.7. The van der Waals surface area contributed by atoms with Gasteiger partial charge < -0.3 is 19.4 Å². The number of piperazine rings is 1. The third kappa shape index (κ3) is 3.17. The summed E-state index contributed by atoms with van der Waals surface area (Å²) in [5.41, 5.74) is 0. The maximum absolute atomic E-state index is 12.4. The molecule has 0 saturated carbocycles. The van der Waals surface area contributed by atoms with E-state index in [2.05, 4.69) is 32.1 Å². The number of anilines is 2. The van der Waals surface area contributed by atoms with Crippen molar-refractivity contribution in [2.75, 3.05) is 55.7 Å². The first-order valence-corrected chi connectivity index (χ1v) is 9.05. The Bertz CT molecular complexity index is 559. The van der Waals surface area contributed by atoms with Crippen molar-refractivity contribution in [1.29, 1.82) is 0 Å². The Morgan fingerprint density at radius 2 is 1.54 bits per heavy atom. The van der Waals surface area contributed by atoms with Crippen molar-refractivity contribution in [1.82, 2.24) is 15.1 Å². The Labute approximate surface area is 142 Å². The predicted octanol–water partition coefficient (Wildman–Crippen LogP) is 0.904. The van der Waals surface area contributed by atoms with Crippen molar-refractivity contribution in [3.8, 4) is 0 Å². The van der Waals surface area contributed by atoms with Gasteiger partial charge in [-0.25, -0.2) is 0 Å². The predicted molar refractivity (Wildman–Crippen MR) is 91.2 cm³/mol. The van der Waals surface area contributed by atoms with Crippen molar-refractivity contribution in [2.24, 2.45) is 0 Å².